The van der Waals surface area contributed by atoms with Gasteiger partial charge < -0.3 is 4.74 Å². The SMILES string of the molecule is CC(=O)O[C@H](c1ccccc1)[C@@H]1[C@H]2CN(Cc3ccccc3)C[C@@]12c1cc2cnn(-c3ccc(F)cc3)c2cc1C. The van der Waals surface area contributed by atoms with Crippen molar-refractivity contribution in [1.82, 2.24) is 14.7 Å². The molecule has 0 amide bonds. The van der Waals surface area contributed by atoms with Crippen LogP contribution < -0.4 is 0 Å². The molecule has 1 aliphatic heterocycles. The van der Waals surface area contributed by atoms with Crippen molar-refractivity contribution in [2.45, 2.75) is 31.9 Å². The van der Waals surface area contributed by atoms with Crippen molar-refractivity contribution in [3.63, 3.8) is 0 Å². The Labute approximate surface area is 239 Å². The Kier molecular flexibility index (Phi) is 6.24. The minimum Gasteiger partial charge on any atom is -0.457 e. The number of fused-ring (bicyclic) bond motifs is 2. The number of nitrogens with zero attached hydrogens (tertiary/aromatic N) is 3. The highest BCUT2D eigenvalue weighted by atomic mass is 19.1. The van der Waals surface area contributed by atoms with E-state index in [1.807, 2.05) is 29.1 Å². The molecule has 2 aliphatic rings. The highest BCUT2D eigenvalue weighted by molar-refractivity contribution is 5.83. The third-order valence-corrected chi connectivity index (χ3v) is 9.00. The van der Waals surface area contributed by atoms with Crippen molar-refractivity contribution in [3.8, 4) is 5.69 Å². The molecule has 0 unspecified atom stereocenters. The lowest BCUT2D eigenvalue weighted by Crippen LogP contribution is -2.31. The van der Waals surface area contributed by atoms with Gasteiger partial charge in [-0.2, -0.15) is 5.10 Å². The van der Waals surface area contributed by atoms with Gasteiger partial charge in [-0.3, -0.25) is 9.69 Å². The van der Waals surface area contributed by atoms with E-state index in [1.165, 1.54) is 35.7 Å². The number of piperidine rings is 1. The summed E-state index contributed by atoms with van der Waals surface area (Å²) in [5.74, 6) is -0.00770. The zero-order valence-corrected chi connectivity index (χ0v) is 23.2. The molecule has 5 aromatic rings. The summed E-state index contributed by atoms with van der Waals surface area (Å²) in [6.45, 7) is 6.39. The van der Waals surface area contributed by atoms with E-state index < -0.39 is 0 Å². The fourth-order valence-corrected chi connectivity index (χ4v) is 7.31. The fourth-order valence-electron chi connectivity index (χ4n) is 7.31. The van der Waals surface area contributed by atoms with E-state index >= 15 is 0 Å². The van der Waals surface area contributed by atoms with Crippen LogP contribution in [0, 0.1) is 24.6 Å². The lowest BCUT2D eigenvalue weighted by atomic mass is 9.86. The second-order valence-electron chi connectivity index (χ2n) is 11.5. The zero-order valence-electron chi connectivity index (χ0n) is 23.2. The van der Waals surface area contributed by atoms with Crippen LogP contribution in [-0.2, 0) is 21.5 Å². The number of hydrogen-bond donors (Lipinski definition) is 0. The third kappa shape index (κ3) is 4.43. The minimum atomic E-state index is -0.311. The van der Waals surface area contributed by atoms with Gasteiger partial charge >= 0.3 is 5.97 Å². The fraction of sp³-hybridized carbons (Fsp3) is 0.257. The van der Waals surface area contributed by atoms with E-state index in [9.17, 15) is 9.18 Å². The number of carbonyl (C=O) groups is 1. The Bertz CT molecular complexity index is 1720. The van der Waals surface area contributed by atoms with Gasteiger partial charge in [-0.1, -0.05) is 60.7 Å². The number of benzene rings is 4. The van der Waals surface area contributed by atoms with Crippen LogP contribution in [0.5, 0.6) is 0 Å². The molecule has 2 fully saturated rings. The Morgan fingerprint density at radius 1 is 1.02 bits per heavy atom. The molecular weight excluding hydrogens is 513 g/mol. The lowest BCUT2D eigenvalue weighted by molar-refractivity contribution is -0.148. The van der Waals surface area contributed by atoms with Crippen molar-refractivity contribution in [3.05, 3.63) is 131 Å². The van der Waals surface area contributed by atoms with Crippen molar-refractivity contribution in [2.24, 2.45) is 11.8 Å². The van der Waals surface area contributed by atoms with Crippen LogP contribution in [0.3, 0.4) is 0 Å². The molecule has 41 heavy (non-hydrogen) atoms. The molecule has 5 nitrogen and oxygen atoms in total. The molecule has 1 aromatic heterocycles. The molecule has 4 atom stereocenters. The van der Waals surface area contributed by atoms with Gasteiger partial charge in [0.05, 0.1) is 17.4 Å². The van der Waals surface area contributed by atoms with Gasteiger partial charge in [0.25, 0.3) is 0 Å². The van der Waals surface area contributed by atoms with Gasteiger partial charge in [-0.25, -0.2) is 9.07 Å². The maximum absolute atomic E-state index is 13.6. The predicted octanol–water partition coefficient (Wildman–Crippen LogP) is 6.78. The molecule has 2 heterocycles. The monoisotopic (exact) mass is 545 g/mol. The second kappa shape index (κ2) is 9.96. The number of likely N-dealkylation sites (tertiary alicyclic amines) is 1. The molecule has 1 saturated carbocycles. The number of carbonyl (C=O) groups excluding carboxylic acids is 1. The second-order valence-corrected chi connectivity index (χ2v) is 11.5. The minimum absolute atomic E-state index is 0.152. The topological polar surface area (TPSA) is 47.4 Å². The van der Waals surface area contributed by atoms with Gasteiger partial charge in [0.1, 0.15) is 11.9 Å². The van der Waals surface area contributed by atoms with Crippen LogP contribution in [0.2, 0.25) is 0 Å². The number of ether oxygens (including phenoxy) is 1. The van der Waals surface area contributed by atoms with Gasteiger partial charge in [0.2, 0.25) is 0 Å². The molecule has 0 spiro atoms. The first kappa shape index (κ1) is 25.7. The van der Waals surface area contributed by atoms with Crippen molar-refractivity contribution < 1.29 is 13.9 Å². The average molecular weight is 546 g/mol. The molecule has 4 aromatic carbocycles. The van der Waals surface area contributed by atoms with Crippen LogP contribution >= 0.6 is 0 Å². The number of aromatic nitrogens is 2. The van der Waals surface area contributed by atoms with E-state index in [4.69, 9.17) is 4.74 Å². The summed E-state index contributed by atoms with van der Waals surface area (Å²) in [6.07, 6.45) is 1.58. The van der Waals surface area contributed by atoms with E-state index in [0.717, 1.165) is 41.8 Å². The quantitative estimate of drug-likeness (QED) is 0.212. The number of hydrogen-bond acceptors (Lipinski definition) is 4. The van der Waals surface area contributed by atoms with Crippen LogP contribution in [0.15, 0.2) is 103 Å². The summed E-state index contributed by atoms with van der Waals surface area (Å²) in [6, 6.07) is 31.7. The standard InChI is InChI=1S/C35H32FN3O2/c1-23-17-32-27(19-37-39(32)29-15-13-28(36)14-16-29)18-30(23)35-22-38(20-25-9-5-3-6-10-25)21-31(35)33(35)34(41-24(2)40)26-11-7-4-8-12-26/h3-19,31,33-34H,20-22H2,1-2H3/t31-,33+,34-,35+/m1/s1. The first-order valence-corrected chi connectivity index (χ1v) is 14.2. The third-order valence-electron chi connectivity index (χ3n) is 9.00. The largest absolute Gasteiger partial charge is 0.457 e. The highest BCUT2D eigenvalue weighted by Gasteiger charge is 2.72. The van der Waals surface area contributed by atoms with E-state index in [-0.39, 0.29) is 29.2 Å². The first-order valence-electron chi connectivity index (χ1n) is 14.2. The Hall–Kier alpha value is -4.29. The van der Waals surface area contributed by atoms with Gasteiger partial charge in [-0.05, 0) is 71.5 Å². The van der Waals surface area contributed by atoms with Crippen molar-refractivity contribution in [2.75, 3.05) is 13.1 Å². The molecular formula is C35H32FN3O2. The van der Waals surface area contributed by atoms with E-state index in [2.05, 4.69) is 71.5 Å². The number of halogens is 1. The number of aryl methyl sites for hydroxylation is 1. The van der Waals surface area contributed by atoms with Crippen LogP contribution in [-0.4, -0.2) is 33.7 Å². The Balaban J connectivity index is 1.31. The highest BCUT2D eigenvalue weighted by Crippen LogP contribution is 2.69. The summed E-state index contributed by atoms with van der Waals surface area (Å²) < 4.78 is 21.5. The van der Waals surface area contributed by atoms with Crippen molar-refractivity contribution in [1.29, 1.82) is 0 Å². The maximum Gasteiger partial charge on any atom is 0.303 e. The number of esters is 1. The lowest BCUT2D eigenvalue weighted by Gasteiger charge is -2.29. The van der Waals surface area contributed by atoms with Crippen LogP contribution in [0.25, 0.3) is 16.6 Å². The summed E-state index contributed by atoms with van der Waals surface area (Å²) >= 11 is 0. The summed E-state index contributed by atoms with van der Waals surface area (Å²) in [7, 11) is 0. The molecule has 7 rings (SSSR count). The Morgan fingerprint density at radius 2 is 1.73 bits per heavy atom. The normalized spacial score (nSPS) is 22.4. The maximum atomic E-state index is 13.6. The molecule has 6 heteroatoms. The van der Waals surface area contributed by atoms with Gasteiger partial charge in [0, 0.05) is 43.3 Å². The summed E-state index contributed by atoms with van der Waals surface area (Å²) in [4.78, 5) is 14.9. The zero-order chi connectivity index (χ0) is 28.1. The molecule has 206 valence electrons. The molecule has 1 aliphatic carbocycles. The summed E-state index contributed by atoms with van der Waals surface area (Å²) in [5, 5.41) is 5.71. The van der Waals surface area contributed by atoms with E-state index in [0.29, 0.717) is 5.92 Å². The van der Waals surface area contributed by atoms with Gasteiger partial charge in [0.15, 0.2) is 0 Å². The van der Waals surface area contributed by atoms with E-state index in [1.54, 1.807) is 12.1 Å². The van der Waals surface area contributed by atoms with Crippen molar-refractivity contribution >= 4 is 16.9 Å². The average Bonchev–Trinajstić information content (AvgIpc) is 3.22. The molecule has 0 radical (unpaired) electrons. The Morgan fingerprint density at radius 3 is 2.44 bits per heavy atom. The molecule has 0 bridgehead atoms. The predicted molar refractivity (Wildman–Crippen MR) is 157 cm³/mol. The smallest absolute Gasteiger partial charge is 0.303 e. The molecule has 0 N–H and O–H groups in total. The van der Waals surface area contributed by atoms with Crippen LogP contribution in [0.4, 0.5) is 4.39 Å². The first-order chi connectivity index (χ1) is 19.9. The number of rotatable bonds is 7. The molecule has 1 saturated heterocycles. The summed E-state index contributed by atoms with van der Waals surface area (Å²) in [5.41, 5.74) is 6.48. The van der Waals surface area contributed by atoms with Crippen LogP contribution in [0.1, 0.15) is 35.3 Å². The van der Waals surface area contributed by atoms with Gasteiger partial charge in [-0.15, -0.1) is 0 Å².